The lowest BCUT2D eigenvalue weighted by atomic mass is 9.92. The molecular weight excluding hydrogens is 512 g/mol. The lowest BCUT2D eigenvalue weighted by molar-refractivity contribution is -0.118. The third-order valence-corrected chi connectivity index (χ3v) is 7.18. The first kappa shape index (κ1) is 26.3. The van der Waals surface area contributed by atoms with Crippen molar-refractivity contribution < 1.29 is 14.3 Å². The van der Waals surface area contributed by atoms with Gasteiger partial charge in [-0.25, -0.2) is 14.7 Å². The smallest absolute Gasteiger partial charge is 0.178 e. The Bertz CT molecular complexity index is 1810. The predicted octanol–water partition coefficient (Wildman–Crippen LogP) is 6.69. The van der Waals surface area contributed by atoms with E-state index in [0.717, 1.165) is 33.4 Å². The molecule has 0 aliphatic carbocycles. The first-order chi connectivity index (χ1) is 19.8. The summed E-state index contributed by atoms with van der Waals surface area (Å²) in [6, 6.07) is 25.4. The number of ketones is 2. The summed E-state index contributed by atoms with van der Waals surface area (Å²) < 4.78 is 8.22. The molecule has 0 unspecified atom stereocenters. The number of hydrogen-bond donors (Lipinski definition) is 0. The molecule has 7 heteroatoms. The van der Waals surface area contributed by atoms with Crippen LogP contribution in [0.4, 0.5) is 5.82 Å². The minimum Gasteiger partial charge on any atom is -0.456 e. The van der Waals surface area contributed by atoms with Gasteiger partial charge in [0.1, 0.15) is 17.3 Å². The second kappa shape index (κ2) is 10.6. The van der Waals surface area contributed by atoms with Crippen LogP contribution in [0.3, 0.4) is 0 Å². The molecule has 3 aromatic carbocycles. The van der Waals surface area contributed by atoms with Crippen LogP contribution < -0.4 is 4.74 Å². The van der Waals surface area contributed by atoms with E-state index in [9.17, 15) is 9.59 Å². The summed E-state index contributed by atoms with van der Waals surface area (Å²) in [4.78, 5) is 33.9. The molecule has 6 rings (SSSR count). The van der Waals surface area contributed by atoms with Gasteiger partial charge in [0.2, 0.25) is 0 Å². The maximum absolute atomic E-state index is 13.5. The highest BCUT2D eigenvalue weighted by Crippen LogP contribution is 2.37. The molecule has 0 saturated carbocycles. The zero-order valence-electron chi connectivity index (χ0n) is 23.3. The highest BCUT2D eigenvalue weighted by Gasteiger charge is 2.23. The van der Waals surface area contributed by atoms with Crippen LogP contribution in [0.5, 0.6) is 11.5 Å². The minimum atomic E-state index is -0.141. The summed E-state index contributed by atoms with van der Waals surface area (Å²) in [5.41, 5.74) is 4.21. The molecule has 0 spiro atoms. The monoisotopic (exact) mass is 542 g/mol. The van der Waals surface area contributed by atoms with Crippen LogP contribution in [0.2, 0.25) is 0 Å². The van der Waals surface area contributed by atoms with Gasteiger partial charge in [0.05, 0.1) is 23.3 Å². The Morgan fingerprint density at radius 3 is 2.44 bits per heavy atom. The highest BCUT2D eigenvalue weighted by atomic mass is 16.5. The van der Waals surface area contributed by atoms with Crippen molar-refractivity contribution in [3.05, 3.63) is 108 Å². The average Bonchev–Trinajstić information content (AvgIpc) is 3.39. The molecule has 0 saturated heterocycles. The summed E-state index contributed by atoms with van der Waals surface area (Å²) >= 11 is 0. The van der Waals surface area contributed by atoms with E-state index in [4.69, 9.17) is 9.84 Å². The number of nitrogens with zero attached hydrogens (tertiary/aromatic N) is 4. The van der Waals surface area contributed by atoms with Crippen LogP contribution >= 0.6 is 0 Å². The summed E-state index contributed by atoms with van der Waals surface area (Å²) in [6.07, 6.45) is 3.67. The van der Waals surface area contributed by atoms with Crippen LogP contribution in [0.25, 0.3) is 16.5 Å². The quantitative estimate of drug-likeness (QED) is 0.229. The standard InChI is InChI=1S/C34H30N4O3/c1-34(2,3)32-19-24(38(37-32)23-9-5-4-6-10-23)18-25(39)17-22-13-14-30(28-12-8-7-11-27(22)28)41-31-15-16-35-33-29(31)20-26(40)21-36-33/h4-16,19,21H,17-18,20H2,1-3H3. The lowest BCUT2D eigenvalue weighted by Crippen LogP contribution is -2.13. The van der Waals surface area contributed by atoms with E-state index in [1.807, 2.05) is 77.5 Å². The Balaban J connectivity index is 1.29. The molecule has 5 aromatic rings. The molecule has 3 heterocycles. The number of benzene rings is 3. The van der Waals surface area contributed by atoms with Gasteiger partial charge < -0.3 is 4.74 Å². The second-order valence-electron chi connectivity index (χ2n) is 11.3. The Labute approximate surface area is 238 Å². The summed E-state index contributed by atoms with van der Waals surface area (Å²) in [5, 5.41) is 6.70. The van der Waals surface area contributed by atoms with Gasteiger partial charge in [0.15, 0.2) is 11.6 Å². The van der Waals surface area contributed by atoms with E-state index in [1.165, 1.54) is 6.21 Å². The number of fused-ring (bicyclic) bond motifs is 2. The summed E-state index contributed by atoms with van der Waals surface area (Å²) in [7, 11) is 0. The number of para-hydroxylation sites is 1. The second-order valence-corrected chi connectivity index (χ2v) is 11.3. The third kappa shape index (κ3) is 5.43. The summed E-state index contributed by atoms with van der Waals surface area (Å²) in [5.74, 6) is 1.71. The molecule has 204 valence electrons. The van der Waals surface area contributed by atoms with Crippen molar-refractivity contribution in [1.82, 2.24) is 14.8 Å². The number of Topliss-reactive ketones (excluding diaryl/α,β-unsaturated/α-hetero) is 2. The molecule has 1 aliphatic heterocycles. The highest BCUT2D eigenvalue weighted by molar-refractivity contribution is 6.29. The van der Waals surface area contributed by atoms with E-state index in [1.54, 1.807) is 12.3 Å². The van der Waals surface area contributed by atoms with Gasteiger partial charge in [0.25, 0.3) is 0 Å². The number of aromatic nitrogens is 3. The molecule has 0 amide bonds. The van der Waals surface area contributed by atoms with Crippen molar-refractivity contribution in [2.24, 2.45) is 4.99 Å². The third-order valence-electron chi connectivity index (χ3n) is 7.18. The van der Waals surface area contributed by atoms with Crippen LogP contribution in [-0.2, 0) is 34.3 Å². The SMILES string of the molecule is CC(C)(C)c1cc(CC(=O)Cc2ccc(Oc3ccnc4c3CC(=O)C=N4)c3ccccc23)n(-c2ccccc2)n1. The number of ether oxygens (including phenoxy) is 1. The van der Waals surface area contributed by atoms with Gasteiger partial charge >= 0.3 is 0 Å². The van der Waals surface area contributed by atoms with Gasteiger partial charge in [-0.05, 0) is 41.3 Å². The maximum Gasteiger partial charge on any atom is 0.178 e. The number of rotatable bonds is 7. The molecule has 7 nitrogen and oxygen atoms in total. The number of aliphatic imine (C=N–C) groups is 1. The van der Waals surface area contributed by atoms with Crippen LogP contribution in [-0.4, -0.2) is 32.5 Å². The zero-order chi connectivity index (χ0) is 28.6. The Kier molecular flexibility index (Phi) is 6.79. The first-order valence-electron chi connectivity index (χ1n) is 13.7. The molecule has 0 N–H and O–H groups in total. The van der Waals surface area contributed by atoms with Gasteiger partial charge in [0, 0.05) is 41.8 Å². The fourth-order valence-corrected chi connectivity index (χ4v) is 5.07. The first-order valence-corrected chi connectivity index (χ1v) is 13.7. The van der Waals surface area contributed by atoms with Crippen LogP contribution in [0, 0.1) is 0 Å². The minimum absolute atomic E-state index is 0.0858. The molecule has 0 radical (unpaired) electrons. The van der Waals surface area contributed by atoms with Crippen molar-refractivity contribution >= 4 is 34.4 Å². The van der Waals surface area contributed by atoms with Crippen LogP contribution in [0.15, 0.2) is 90.1 Å². The van der Waals surface area contributed by atoms with Crippen molar-refractivity contribution in [3.8, 4) is 17.2 Å². The fourth-order valence-electron chi connectivity index (χ4n) is 5.07. The van der Waals surface area contributed by atoms with E-state index < -0.39 is 0 Å². The molecule has 0 bridgehead atoms. The van der Waals surface area contributed by atoms with Gasteiger partial charge in [-0.2, -0.15) is 5.10 Å². The van der Waals surface area contributed by atoms with E-state index in [0.29, 0.717) is 22.9 Å². The van der Waals surface area contributed by atoms with Gasteiger partial charge in [-0.3, -0.25) is 9.59 Å². The molecular formula is C34H30N4O3. The van der Waals surface area contributed by atoms with E-state index in [-0.39, 0.29) is 36.2 Å². The van der Waals surface area contributed by atoms with Gasteiger partial charge in [-0.15, -0.1) is 0 Å². The number of pyridine rings is 1. The maximum atomic E-state index is 13.5. The average molecular weight is 543 g/mol. The normalized spacial score (nSPS) is 12.9. The molecule has 1 aliphatic rings. The van der Waals surface area contributed by atoms with Crippen molar-refractivity contribution in [3.63, 3.8) is 0 Å². The molecule has 0 atom stereocenters. The largest absolute Gasteiger partial charge is 0.456 e. The zero-order valence-corrected chi connectivity index (χ0v) is 23.3. The lowest BCUT2D eigenvalue weighted by Gasteiger charge is -2.16. The Morgan fingerprint density at radius 2 is 1.66 bits per heavy atom. The molecule has 0 fully saturated rings. The molecule has 41 heavy (non-hydrogen) atoms. The number of carbonyl (C=O) groups is 2. The fraction of sp³-hybridized carbons (Fsp3) is 0.206. The number of hydrogen-bond acceptors (Lipinski definition) is 6. The van der Waals surface area contributed by atoms with Crippen molar-refractivity contribution in [2.75, 3.05) is 0 Å². The Morgan fingerprint density at radius 1 is 0.902 bits per heavy atom. The van der Waals surface area contributed by atoms with E-state index >= 15 is 0 Å². The Hall–Kier alpha value is -4.91. The van der Waals surface area contributed by atoms with Crippen molar-refractivity contribution in [2.45, 2.75) is 45.4 Å². The predicted molar refractivity (Wildman–Crippen MR) is 160 cm³/mol. The van der Waals surface area contributed by atoms with E-state index in [2.05, 4.69) is 30.7 Å². The van der Waals surface area contributed by atoms with Gasteiger partial charge in [-0.1, -0.05) is 69.3 Å². The number of carbonyl (C=O) groups excluding carboxylic acids is 2. The summed E-state index contributed by atoms with van der Waals surface area (Å²) in [6.45, 7) is 6.37. The topological polar surface area (TPSA) is 86.4 Å². The van der Waals surface area contributed by atoms with Crippen molar-refractivity contribution in [1.29, 1.82) is 0 Å². The van der Waals surface area contributed by atoms with Crippen LogP contribution in [0.1, 0.15) is 43.3 Å². The molecule has 2 aromatic heterocycles.